The summed E-state index contributed by atoms with van der Waals surface area (Å²) in [5.74, 6) is -1.52. The number of benzene rings is 1. The Hall–Kier alpha value is -0.792. The maximum absolute atomic E-state index is 11.6. The first kappa shape index (κ1) is 23.5. The summed E-state index contributed by atoms with van der Waals surface area (Å²) >= 11 is 0. The van der Waals surface area contributed by atoms with Crippen molar-refractivity contribution in [3.8, 4) is 0 Å². The maximum atomic E-state index is 11.6. The van der Waals surface area contributed by atoms with Crippen LogP contribution in [0, 0.1) is 6.92 Å². The molecule has 1 unspecified atom stereocenters. The Morgan fingerprint density at radius 1 is 1.23 bits per heavy atom. The van der Waals surface area contributed by atoms with E-state index in [2.05, 4.69) is 4.72 Å². The van der Waals surface area contributed by atoms with Gasteiger partial charge >= 0.3 is 21.1 Å². The average molecular weight is 510 g/mol. The number of sulfonamides is 1. The second-order valence-corrected chi connectivity index (χ2v) is 5.95. The summed E-state index contributed by atoms with van der Waals surface area (Å²) in [7, 11) is -3.92. The van der Waals surface area contributed by atoms with Crippen LogP contribution in [0.4, 0.5) is 0 Å². The molecule has 7 nitrogen and oxygen atoms in total. The molecule has 0 bridgehead atoms. The summed E-state index contributed by atoms with van der Waals surface area (Å²) in [4.78, 5) is 10.4. The van der Waals surface area contributed by atoms with Crippen molar-refractivity contribution in [2.24, 2.45) is 11.5 Å². The van der Waals surface area contributed by atoms with E-state index in [0.29, 0.717) is 0 Å². The number of rotatable bonds is 6. The van der Waals surface area contributed by atoms with Gasteiger partial charge in [0.05, 0.1) is 0 Å². The fourth-order valence-corrected chi connectivity index (χ4v) is 2.24. The monoisotopic (exact) mass is 510 g/mol. The molecule has 0 heterocycles. The molecule has 128 valence electrons. The first-order valence-electron chi connectivity index (χ1n) is 6.39. The van der Waals surface area contributed by atoms with Gasteiger partial charge in [-0.05, 0) is 38.6 Å². The number of carbonyl (C=O) groups excluding carboxylic acids is 1. The van der Waals surface area contributed by atoms with Crippen molar-refractivity contribution < 1.29 is 39.4 Å². The summed E-state index contributed by atoms with van der Waals surface area (Å²) < 4.78 is 26.4. The molecule has 0 saturated heterocycles. The van der Waals surface area contributed by atoms with E-state index in [1.54, 1.807) is 12.1 Å². The second-order valence-electron chi connectivity index (χ2n) is 4.32. The summed E-state index contributed by atoms with van der Waals surface area (Å²) in [6.45, 7) is 4.41. The molecular weight excluding hydrogens is 489 g/mol. The van der Waals surface area contributed by atoms with E-state index in [1.165, 1.54) is 12.1 Å². The van der Waals surface area contributed by atoms with E-state index in [0.717, 1.165) is 32.0 Å². The molecule has 1 aromatic carbocycles. The number of aryl methyl sites for hydroxylation is 1. The smallest absolute Gasteiger partial charge is 0.552 e. The van der Waals surface area contributed by atoms with Crippen LogP contribution >= 0.6 is 0 Å². The van der Waals surface area contributed by atoms with E-state index in [1.807, 2.05) is 6.92 Å². The quantitative estimate of drug-likeness (QED) is 0.528. The third-order valence-corrected chi connectivity index (χ3v) is 3.83. The average Bonchev–Trinajstić information content (AvgIpc) is 2.40. The van der Waals surface area contributed by atoms with Gasteiger partial charge in [-0.3, -0.25) is 0 Å². The van der Waals surface area contributed by atoms with Gasteiger partial charge in [0.1, 0.15) is 10.0 Å². The molecule has 1 rings (SSSR count). The van der Waals surface area contributed by atoms with Crippen LogP contribution in [-0.2, 0) is 35.9 Å². The van der Waals surface area contributed by atoms with Gasteiger partial charge in [-0.2, -0.15) is 0 Å². The van der Waals surface area contributed by atoms with Crippen LogP contribution < -0.4 is 16.6 Å². The number of hydrogen-bond donors (Lipinski definition) is 2. The van der Waals surface area contributed by atoms with Crippen LogP contribution in [0.3, 0.4) is 0 Å². The molecule has 22 heavy (non-hydrogen) atoms. The van der Waals surface area contributed by atoms with Crippen molar-refractivity contribution in [3.63, 3.8) is 0 Å². The van der Waals surface area contributed by atoms with Crippen LogP contribution in [-0.4, -0.2) is 33.5 Å². The Bertz CT molecular complexity index is 533. The summed E-state index contributed by atoms with van der Waals surface area (Å²) in [5, 5.41) is 10.4. The fraction of sp³-hybridized carbons (Fsp3) is 0.462. The third kappa shape index (κ3) is 9.27. The normalized spacial score (nSPS) is 11.6. The Kier molecular flexibility index (Phi) is 12.5. The molecule has 0 spiro atoms. The Balaban J connectivity index is 0. The maximum Gasteiger partial charge on any atom is 2.00 e. The molecule has 0 radical (unpaired) electrons. The fourth-order valence-electron chi connectivity index (χ4n) is 1.14. The predicted octanol–water partition coefficient (Wildman–Crippen LogP) is -0.513. The Labute approximate surface area is 145 Å². The zero-order valence-corrected chi connectivity index (χ0v) is 15.6. The molecule has 0 aliphatic rings. The number of hydrogen-bond acceptors (Lipinski definition) is 6. The third-order valence-electron chi connectivity index (χ3n) is 2.37. The number of nitrogens with two attached hydrogens (primary N) is 2. The molecule has 1 aromatic rings. The molecule has 0 aliphatic heterocycles. The molecule has 9 heteroatoms. The van der Waals surface area contributed by atoms with Crippen LogP contribution in [0.15, 0.2) is 29.2 Å². The van der Waals surface area contributed by atoms with E-state index in [-0.39, 0.29) is 26.0 Å². The predicted molar refractivity (Wildman–Crippen MR) is 78.9 cm³/mol. The summed E-state index contributed by atoms with van der Waals surface area (Å²) in [6.07, 6.45) is 0.944. The van der Waals surface area contributed by atoms with Gasteiger partial charge in [-0.25, -0.2) is 8.42 Å². The van der Waals surface area contributed by atoms with Crippen molar-refractivity contribution in [2.45, 2.75) is 31.2 Å². The van der Waals surface area contributed by atoms with Crippen LogP contribution in [0.2, 0.25) is 0 Å². The van der Waals surface area contributed by atoms with Crippen molar-refractivity contribution in [1.29, 1.82) is 0 Å². The first-order chi connectivity index (χ1) is 9.74. The summed E-state index contributed by atoms with van der Waals surface area (Å²) in [5.41, 5.74) is 11.0. The molecule has 0 fully saturated rings. The molecule has 0 aliphatic carbocycles. The van der Waals surface area contributed by atoms with Gasteiger partial charge in [0.2, 0.25) is 0 Å². The number of aliphatic carboxylic acids is 1. The van der Waals surface area contributed by atoms with Crippen LogP contribution in [0.5, 0.6) is 0 Å². The Morgan fingerprint density at radius 3 is 2.00 bits per heavy atom. The van der Waals surface area contributed by atoms with Crippen LogP contribution in [0.25, 0.3) is 4.72 Å². The minimum atomic E-state index is -3.92. The molecule has 4 N–H and O–H groups in total. The van der Waals surface area contributed by atoms with Crippen molar-refractivity contribution in [1.82, 2.24) is 0 Å². The van der Waals surface area contributed by atoms with Crippen molar-refractivity contribution >= 4 is 16.0 Å². The van der Waals surface area contributed by atoms with E-state index in [9.17, 15) is 18.3 Å². The zero-order valence-electron chi connectivity index (χ0n) is 12.5. The van der Waals surface area contributed by atoms with Gasteiger partial charge in [0, 0.05) is 10.9 Å². The molecule has 0 aromatic heterocycles. The zero-order chi connectivity index (χ0) is 16.5. The standard InChI is InChI=1S/C10H12NO4S.C3H10N2.Pt/c1-7-3-5-9(6-4-7)16(14,15)11-8(2)10(12)13;4-2-1-3-5;/h3-6,8H,1-2H3,(H,12,13);1-5H2;/q-1;;+2/p-1. The van der Waals surface area contributed by atoms with Gasteiger partial charge in [-0.15, -0.1) is 0 Å². The summed E-state index contributed by atoms with van der Waals surface area (Å²) in [6, 6.07) is 4.62. The Morgan fingerprint density at radius 2 is 1.68 bits per heavy atom. The van der Waals surface area contributed by atoms with Gasteiger partial charge < -0.3 is 26.1 Å². The first-order valence-corrected chi connectivity index (χ1v) is 7.83. The SMILES string of the molecule is Cc1ccc(S(=O)(=O)[N-]C(C)C(=O)[O-])cc1.NCCCN.[Pt+2]. The van der Waals surface area contributed by atoms with E-state index >= 15 is 0 Å². The van der Waals surface area contributed by atoms with E-state index < -0.39 is 22.0 Å². The number of carboxylic acid groups (broad SMARTS) is 1. The largest absolute Gasteiger partial charge is 2.00 e. The second kappa shape index (κ2) is 11.7. The van der Waals surface area contributed by atoms with E-state index in [4.69, 9.17) is 11.5 Å². The molecule has 0 amide bonds. The van der Waals surface area contributed by atoms with Crippen LogP contribution in [0.1, 0.15) is 18.9 Å². The van der Waals surface area contributed by atoms with Crippen molar-refractivity contribution in [3.05, 3.63) is 34.6 Å². The van der Waals surface area contributed by atoms with Crippen molar-refractivity contribution in [2.75, 3.05) is 13.1 Å². The molecular formula is C13H21N3O4PtS. The topological polar surface area (TPSA) is 140 Å². The van der Waals surface area contributed by atoms with Gasteiger partial charge in [-0.1, -0.05) is 30.7 Å². The minimum absolute atomic E-state index is 0. The minimum Gasteiger partial charge on any atom is -0.552 e. The molecule has 0 saturated carbocycles. The van der Waals surface area contributed by atoms with Gasteiger partial charge in [0.25, 0.3) is 0 Å². The number of nitrogens with zero attached hydrogens (tertiary/aromatic N) is 1. The number of carboxylic acids is 1. The molecule has 1 atom stereocenters. The number of carbonyl (C=O) groups is 1. The van der Waals surface area contributed by atoms with Gasteiger partial charge in [0.15, 0.2) is 0 Å².